The van der Waals surface area contributed by atoms with E-state index in [2.05, 4.69) is 27.8 Å². The topological polar surface area (TPSA) is 62.3 Å². The van der Waals surface area contributed by atoms with Crippen LogP contribution in [-0.4, -0.2) is 31.6 Å². The molecule has 0 amide bonds. The Morgan fingerprint density at radius 2 is 2.35 bits per heavy atom. The summed E-state index contributed by atoms with van der Waals surface area (Å²) in [5.41, 5.74) is 7.41. The Morgan fingerprint density at radius 3 is 3.00 bits per heavy atom. The first-order chi connectivity index (χ1) is 8.09. The van der Waals surface area contributed by atoms with Gasteiger partial charge in [-0.25, -0.2) is 0 Å². The Morgan fingerprint density at radius 1 is 1.59 bits per heavy atom. The predicted molar refractivity (Wildman–Crippen MR) is 72.8 cm³/mol. The molecule has 0 aliphatic carbocycles. The highest BCUT2D eigenvalue weighted by Crippen LogP contribution is 2.27. The summed E-state index contributed by atoms with van der Waals surface area (Å²) in [7, 11) is 0. The summed E-state index contributed by atoms with van der Waals surface area (Å²) in [6.07, 6.45) is 0. The van der Waals surface area contributed by atoms with Gasteiger partial charge < -0.3 is 15.4 Å². The molecule has 17 heavy (non-hydrogen) atoms. The number of hydrogen-bond acceptors (Lipinski definition) is 3. The van der Waals surface area contributed by atoms with Crippen LogP contribution in [0.4, 0.5) is 5.69 Å². The highest BCUT2D eigenvalue weighted by atomic mass is 79.9. The van der Waals surface area contributed by atoms with Gasteiger partial charge in [-0.3, -0.25) is 5.41 Å². The van der Waals surface area contributed by atoms with Gasteiger partial charge in [0.05, 0.1) is 13.2 Å². The number of morpholine rings is 1. The van der Waals surface area contributed by atoms with Crippen molar-refractivity contribution < 1.29 is 4.74 Å². The SMILES string of the molecule is CC1COCCN1c1cc(Br)ccc1C(=N)N. The van der Waals surface area contributed by atoms with E-state index in [0.717, 1.165) is 22.3 Å². The van der Waals surface area contributed by atoms with E-state index in [1.54, 1.807) is 0 Å². The molecule has 0 spiro atoms. The molecule has 1 heterocycles. The quantitative estimate of drug-likeness (QED) is 0.648. The lowest BCUT2D eigenvalue weighted by atomic mass is 10.1. The van der Waals surface area contributed by atoms with E-state index in [4.69, 9.17) is 15.9 Å². The van der Waals surface area contributed by atoms with Crippen molar-refractivity contribution in [2.75, 3.05) is 24.7 Å². The third-order valence-corrected chi connectivity index (χ3v) is 3.42. The number of hydrogen-bond donors (Lipinski definition) is 2. The lowest BCUT2D eigenvalue weighted by Gasteiger charge is -2.36. The number of anilines is 1. The Hall–Kier alpha value is -1.07. The molecular formula is C12H16BrN3O. The summed E-state index contributed by atoms with van der Waals surface area (Å²) in [6.45, 7) is 4.37. The normalized spacial score (nSPS) is 20.4. The first kappa shape index (κ1) is 12.4. The van der Waals surface area contributed by atoms with E-state index in [-0.39, 0.29) is 5.84 Å². The van der Waals surface area contributed by atoms with Crippen molar-refractivity contribution >= 4 is 27.5 Å². The van der Waals surface area contributed by atoms with E-state index in [0.29, 0.717) is 19.3 Å². The second kappa shape index (κ2) is 5.06. The lowest BCUT2D eigenvalue weighted by Crippen LogP contribution is -2.44. The first-order valence-electron chi connectivity index (χ1n) is 5.58. The molecule has 1 saturated heterocycles. The minimum absolute atomic E-state index is 0.103. The maximum Gasteiger partial charge on any atom is 0.124 e. The van der Waals surface area contributed by atoms with Crippen LogP contribution in [0.25, 0.3) is 0 Å². The summed E-state index contributed by atoms with van der Waals surface area (Å²) in [5.74, 6) is 0.103. The number of ether oxygens (including phenoxy) is 1. The van der Waals surface area contributed by atoms with Gasteiger partial charge in [-0.15, -0.1) is 0 Å². The van der Waals surface area contributed by atoms with Gasteiger partial charge in [-0.1, -0.05) is 15.9 Å². The number of nitrogen functional groups attached to an aromatic ring is 1. The van der Waals surface area contributed by atoms with Crippen LogP contribution in [0.2, 0.25) is 0 Å². The highest BCUT2D eigenvalue weighted by molar-refractivity contribution is 9.10. The van der Waals surface area contributed by atoms with Gasteiger partial charge in [-0.2, -0.15) is 0 Å². The molecule has 4 nitrogen and oxygen atoms in total. The molecular weight excluding hydrogens is 282 g/mol. The van der Waals surface area contributed by atoms with Gasteiger partial charge in [0, 0.05) is 28.3 Å². The zero-order valence-electron chi connectivity index (χ0n) is 9.74. The van der Waals surface area contributed by atoms with E-state index in [9.17, 15) is 0 Å². The van der Waals surface area contributed by atoms with Gasteiger partial charge in [0.25, 0.3) is 0 Å². The Labute approximate surface area is 109 Å². The van der Waals surface area contributed by atoms with Crippen LogP contribution in [0.3, 0.4) is 0 Å². The molecule has 1 aromatic rings. The molecule has 1 atom stereocenters. The number of nitrogens with zero attached hydrogens (tertiary/aromatic N) is 1. The molecule has 1 fully saturated rings. The second-order valence-electron chi connectivity index (χ2n) is 4.19. The second-order valence-corrected chi connectivity index (χ2v) is 5.11. The third-order valence-electron chi connectivity index (χ3n) is 2.93. The maximum atomic E-state index is 7.64. The van der Waals surface area contributed by atoms with Crippen molar-refractivity contribution in [2.45, 2.75) is 13.0 Å². The summed E-state index contributed by atoms with van der Waals surface area (Å²) in [5, 5.41) is 7.64. The summed E-state index contributed by atoms with van der Waals surface area (Å²) >= 11 is 3.46. The lowest BCUT2D eigenvalue weighted by molar-refractivity contribution is 0.0989. The molecule has 1 aromatic carbocycles. The molecule has 0 radical (unpaired) electrons. The Bertz CT molecular complexity index is 436. The van der Waals surface area contributed by atoms with Crippen molar-refractivity contribution in [3.05, 3.63) is 28.2 Å². The minimum atomic E-state index is 0.103. The van der Waals surface area contributed by atoms with E-state index >= 15 is 0 Å². The van der Waals surface area contributed by atoms with Crippen LogP contribution in [0.1, 0.15) is 12.5 Å². The van der Waals surface area contributed by atoms with Gasteiger partial charge >= 0.3 is 0 Å². The van der Waals surface area contributed by atoms with Gasteiger partial charge in [-0.05, 0) is 25.1 Å². The molecule has 0 bridgehead atoms. The zero-order chi connectivity index (χ0) is 12.4. The number of halogens is 1. The summed E-state index contributed by atoms with van der Waals surface area (Å²) in [6, 6.07) is 6.10. The third kappa shape index (κ3) is 2.61. The first-order valence-corrected chi connectivity index (χ1v) is 6.37. The number of rotatable bonds is 2. The molecule has 5 heteroatoms. The van der Waals surface area contributed by atoms with Gasteiger partial charge in [0.2, 0.25) is 0 Å². The zero-order valence-corrected chi connectivity index (χ0v) is 11.3. The molecule has 1 aliphatic heterocycles. The monoisotopic (exact) mass is 297 g/mol. The fraction of sp³-hybridized carbons (Fsp3) is 0.417. The standard InChI is InChI=1S/C12H16BrN3O/c1-8-7-17-5-4-16(8)11-6-9(13)2-3-10(11)12(14)15/h2-3,6,8H,4-5,7H2,1H3,(H3,14,15). The number of amidine groups is 1. The van der Waals surface area contributed by atoms with Gasteiger partial charge in [0.1, 0.15) is 5.84 Å². The molecule has 0 aromatic heterocycles. The number of nitrogens with one attached hydrogen (secondary N) is 1. The van der Waals surface area contributed by atoms with E-state index < -0.39 is 0 Å². The maximum absolute atomic E-state index is 7.64. The number of nitrogens with two attached hydrogens (primary N) is 1. The number of benzene rings is 1. The van der Waals surface area contributed by atoms with Gasteiger partial charge in [0.15, 0.2) is 0 Å². The smallest absolute Gasteiger partial charge is 0.124 e. The molecule has 1 aliphatic rings. The average molecular weight is 298 g/mol. The van der Waals surface area contributed by atoms with Crippen molar-refractivity contribution in [1.29, 1.82) is 5.41 Å². The van der Waals surface area contributed by atoms with Crippen LogP contribution >= 0.6 is 15.9 Å². The summed E-state index contributed by atoms with van der Waals surface area (Å²) < 4.78 is 6.42. The largest absolute Gasteiger partial charge is 0.384 e. The molecule has 0 saturated carbocycles. The van der Waals surface area contributed by atoms with Crippen LogP contribution < -0.4 is 10.6 Å². The van der Waals surface area contributed by atoms with Crippen molar-refractivity contribution in [2.24, 2.45) is 5.73 Å². The van der Waals surface area contributed by atoms with Crippen molar-refractivity contribution in [3.63, 3.8) is 0 Å². The highest BCUT2D eigenvalue weighted by Gasteiger charge is 2.22. The van der Waals surface area contributed by atoms with E-state index in [1.807, 2.05) is 18.2 Å². The average Bonchev–Trinajstić information content (AvgIpc) is 2.29. The van der Waals surface area contributed by atoms with Crippen molar-refractivity contribution in [3.8, 4) is 0 Å². The summed E-state index contributed by atoms with van der Waals surface area (Å²) in [4.78, 5) is 2.24. The molecule has 3 N–H and O–H groups in total. The van der Waals surface area contributed by atoms with Crippen LogP contribution in [-0.2, 0) is 4.74 Å². The van der Waals surface area contributed by atoms with Crippen LogP contribution in [0, 0.1) is 5.41 Å². The fourth-order valence-electron chi connectivity index (χ4n) is 2.06. The molecule has 2 rings (SSSR count). The fourth-order valence-corrected chi connectivity index (χ4v) is 2.40. The predicted octanol–water partition coefficient (Wildman–Crippen LogP) is 1.96. The molecule has 1 unspecified atom stereocenters. The van der Waals surface area contributed by atoms with Crippen LogP contribution in [0.5, 0.6) is 0 Å². The molecule has 92 valence electrons. The van der Waals surface area contributed by atoms with E-state index in [1.165, 1.54) is 0 Å². The van der Waals surface area contributed by atoms with Crippen LogP contribution in [0.15, 0.2) is 22.7 Å². The van der Waals surface area contributed by atoms with Crippen molar-refractivity contribution in [1.82, 2.24) is 0 Å². The Balaban J connectivity index is 2.41. The Kier molecular flexibility index (Phi) is 3.69. The minimum Gasteiger partial charge on any atom is -0.384 e.